The van der Waals surface area contributed by atoms with E-state index in [9.17, 15) is 38.5 Å². The number of nitrogens with one attached hydrogen (secondary N) is 1. The van der Waals surface area contributed by atoms with Crippen LogP contribution in [-0.4, -0.2) is 48.7 Å². The number of carbonyl (C=O) groups excluding carboxylic acids is 1. The van der Waals surface area contributed by atoms with Crippen LogP contribution in [0.4, 0.5) is 10.1 Å². The summed E-state index contributed by atoms with van der Waals surface area (Å²) in [4.78, 5) is 43.9. The Morgan fingerprint density at radius 2 is 1.53 bits per heavy atom. The molecule has 0 aliphatic carbocycles. The number of benzene rings is 3. The fraction of sp³-hybridized carbons (Fsp3) is 0.273. The summed E-state index contributed by atoms with van der Waals surface area (Å²) in [5, 5.41) is 23.1. The van der Waals surface area contributed by atoms with Gasteiger partial charge in [-0.3, -0.25) is 14.1 Å². The second-order valence-corrected chi connectivity index (χ2v) is 12.2. The van der Waals surface area contributed by atoms with E-state index in [4.69, 9.17) is 0 Å². The van der Waals surface area contributed by atoms with Gasteiger partial charge in [-0.2, -0.15) is 0 Å². The number of hydrogen-bond donors (Lipinski definition) is 5. The molecule has 0 unspecified atom stereocenters. The van der Waals surface area contributed by atoms with Crippen LogP contribution in [0.15, 0.2) is 84.9 Å². The van der Waals surface area contributed by atoms with Gasteiger partial charge in [0.25, 0.3) is 5.91 Å². The summed E-state index contributed by atoms with van der Waals surface area (Å²) in [6.45, 7) is 4.00. The van der Waals surface area contributed by atoms with Gasteiger partial charge in [-0.1, -0.05) is 62.4 Å². The summed E-state index contributed by atoms with van der Waals surface area (Å²) in [5.41, 5.74) is 4.25. The normalized spacial score (nSPS) is 13.0. The Hall–Kier alpha value is -4.12. The lowest BCUT2D eigenvalue weighted by molar-refractivity contribution is -0.139. The summed E-state index contributed by atoms with van der Waals surface area (Å²) < 4.78 is 32.0. The number of halogens is 1. The van der Waals surface area contributed by atoms with E-state index in [0.717, 1.165) is 5.56 Å². The van der Waals surface area contributed by atoms with Crippen molar-refractivity contribution in [1.82, 2.24) is 4.57 Å². The Labute approximate surface area is 260 Å². The van der Waals surface area contributed by atoms with E-state index < -0.39 is 38.2 Å². The third-order valence-electron chi connectivity index (χ3n) is 7.20. The molecule has 45 heavy (non-hydrogen) atoms. The van der Waals surface area contributed by atoms with Crippen molar-refractivity contribution in [3.05, 3.63) is 102 Å². The molecule has 0 saturated carbocycles. The predicted octanol–water partition coefficient (Wildman–Crippen LogP) is 6.43. The predicted molar refractivity (Wildman–Crippen MR) is 168 cm³/mol. The Morgan fingerprint density at radius 1 is 0.933 bits per heavy atom. The number of phosphoric acid groups is 1. The number of carboxylic acids is 1. The standard InChI is InChI=1S/C33H36FN2O8P/c1-21(2)31-30(33(40)35-25-11-7-4-8-12-25)29(22-9-5-3-6-10-22)32(23-13-15-24(34)16-14-23)36(31)18-17-26(37)19-27(20-28(38)39)44-45(41,42)43/h3-16,21,26-27,37H,17-20H2,1-2H3,(H,35,40)(H,38,39)(H2,41,42,43)/t26-,27-/m1/s1. The number of anilines is 1. The summed E-state index contributed by atoms with van der Waals surface area (Å²) in [5.74, 6) is -2.33. The zero-order chi connectivity index (χ0) is 32.7. The molecule has 0 spiro atoms. The van der Waals surface area contributed by atoms with E-state index in [2.05, 4.69) is 9.84 Å². The highest BCUT2D eigenvalue weighted by Crippen LogP contribution is 2.43. The molecule has 0 aliphatic heterocycles. The Balaban J connectivity index is 1.85. The van der Waals surface area contributed by atoms with Crippen molar-refractivity contribution < 1.29 is 43.1 Å². The number of rotatable bonds is 14. The van der Waals surface area contributed by atoms with Gasteiger partial charge in [0.1, 0.15) is 5.82 Å². The molecule has 5 N–H and O–H groups in total. The van der Waals surface area contributed by atoms with Crippen LogP contribution in [0.3, 0.4) is 0 Å². The van der Waals surface area contributed by atoms with E-state index in [-0.39, 0.29) is 31.2 Å². The van der Waals surface area contributed by atoms with Gasteiger partial charge in [0, 0.05) is 29.9 Å². The smallest absolute Gasteiger partial charge is 0.469 e. The topological polar surface area (TPSA) is 158 Å². The monoisotopic (exact) mass is 638 g/mol. The maximum atomic E-state index is 14.1. The second kappa shape index (κ2) is 14.8. The number of aliphatic carboxylic acids is 1. The van der Waals surface area contributed by atoms with E-state index in [1.807, 2.05) is 54.8 Å². The van der Waals surface area contributed by atoms with Gasteiger partial charge in [-0.15, -0.1) is 0 Å². The zero-order valence-corrected chi connectivity index (χ0v) is 25.7. The first-order valence-electron chi connectivity index (χ1n) is 14.4. The van der Waals surface area contributed by atoms with Gasteiger partial charge in [-0.05, 0) is 59.9 Å². The van der Waals surface area contributed by atoms with Crippen LogP contribution in [0.25, 0.3) is 22.4 Å². The van der Waals surface area contributed by atoms with Crippen molar-refractivity contribution in [2.24, 2.45) is 0 Å². The number of carboxylic acid groups (broad SMARTS) is 1. The Morgan fingerprint density at radius 3 is 2.09 bits per heavy atom. The van der Waals surface area contributed by atoms with Crippen LogP contribution >= 0.6 is 7.82 Å². The molecule has 0 fully saturated rings. The molecular formula is C33H36FN2O8P. The van der Waals surface area contributed by atoms with Gasteiger partial charge in [0.2, 0.25) is 0 Å². The summed E-state index contributed by atoms with van der Waals surface area (Å²) in [6, 6.07) is 24.2. The lowest BCUT2D eigenvalue weighted by Gasteiger charge is -2.22. The van der Waals surface area contributed by atoms with E-state index in [1.54, 1.807) is 36.4 Å². The molecule has 1 heterocycles. The number of aromatic nitrogens is 1. The second-order valence-electron chi connectivity index (χ2n) is 11.0. The zero-order valence-electron chi connectivity index (χ0n) is 24.8. The number of para-hydroxylation sites is 1. The quantitative estimate of drug-likeness (QED) is 0.0989. The maximum Gasteiger partial charge on any atom is 0.469 e. The molecule has 0 aliphatic rings. The molecule has 4 aromatic rings. The Bertz CT molecular complexity index is 1650. The molecule has 0 radical (unpaired) electrons. The molecule has 238 valence electrons. The molecule has 12 heteroatoms. The number of aliphatic hydroxyl groups is 1. The number of nitrogens with zero attached hydrogens (tertiary/aromatic N) is 1. The van der Waals surface area contributed by atoms with Gasteiger partial charge in [0.05, 0.1) is 29.9 Å². The van der Waals surface area contributed by atoms with Crippen molar-refractivity contribution in [1.29, 1.82) is 0 Å². The first-order chi connectivity index (χ1) is 21.3. The summed E-state index contributed by atoms with van der Waals surface area (Å²) in [7, 11) is -5.02. The number of phosphoric ester groups is 1. The van der Waals surface area contributed by atoms with Gasteiger partial charge >= 0.3 is 13.8 Å². The SMILES string of the molecule is CC(C)c1c(C(=O)Nc2ccccc2)c(-c2ccccc2)c(-c2ccc(F)cc2)n1CC[C@@H](O)C[C@H](CC(=O)O)OP(=O)(O)O. The minimum absolute atomic E-state index is 0.0250. The molecular weight excluding hydrogens is 602 g/mol. The van der Waals surface area contributed by atoms with Crippen LogP contribution in [0.2, 0.25) is 0 Å². The third kappa shape index (κ3) is 8.97. The molecule has 1 amide bonds. The van der Waals surface area contributed by atoms with E-state index >= 15 is 0 Å². The molecule has 3 aromatic carbocycles. The van der Waals surface area contributed by atoms with Gasteiger partial charge in [-0.25, -0.2) is 8.96 Å². The number of hydrogen-bond acceptors (Lipinski definition) is 5. The van der Waals surface area contributed by atoms with Crippen molar-refractivity contribution >= 4 is 25.4 Å². The summed E-state index contributed by atoms with van der Waals surface area (Å²) in [6.07, 6.45) is -3.69. The number of amides is 1. The molecule has 0 bridgehead atoms. The van der Waals surface area contributed by atoms with Crippen LogP contribution in [0.5, 0.6) is 0 Å². The molecule has 1 aromatic heterocycles. The Kier molecular flexibility index (Phi) is 11.1. The van der Waals surface area contributed by atoms with Crippen LogP contribution in [0, 0.1) is 5.82 Å². The van der Waals surface area contributed by atoms with Crippen LogP contribution in [0.1, 0.15) is 55.1 Å². The van der Waals surface area contributed by atoms with E-state index in [0.29, 0.717) is 33.8 Å². The van der Waals surface area contributed by atoms with Gasteiger partial charge < -0.3 is 29.9 Å². The minimum Gasteiger partial charge on any atom is -0.481 e. The molecule has 10 nitrogen and oxygen atoms in total. The number of carbonyl (C=O) groups is 2. The average molecular weight is 639 g/mol. The van der Waals surface area contributed by atoms with Gasteiger partial charge in [0.15, 0.2) is 0 Å². The first kappa shape index (κ1) is 33.8. The highest BCUT2D eigenvalue weighted by molar-refractivity contribution is 7.46. The summed E-state index contributed by atoms with van der Waals surface area (Å²) >= 11 is 0. The molecule has 4 rings (SSSR count). The molecule has 0 saturated heterocycles. The fourth-order valence-corrected chi connectivity index (χ4v) is 6.01. The van der Waals surface area contributed by atoms with Crippen LogP contribution < -0.4 is 5.32 Å². The number of aliphatic hydroxyl groups excluding tert-OH is 1. The van der Waals surface area contributed by atoms with Crippen LogP contribution in [-0.2, 0) is 20.4 Å². The minimum atomic E-state index is -5.02. The molecule has 2 atom stereocenters. The van der Waals surface area contributed by atoms with Crippen molar-refractivity contribution in [3.8, 4) is 22.4 Å². The average Bonchev–Trinajstić information content (AvgIpc) is 3.32. The first-order valence-corrected chi connectivity index (χ1v) is 15.9. The van der Waals surface area contributed by atoms with Crippen molar-refractivity contribution in [2.45, 2.75) is 57.8 Å². The fourth-order valence-electron chi connectivity index (χ4n) is 5.46. The highest BCUT2D eigenvalue weighted by Gasteiger charge is 2.31. The largest absolute Gasteiger partial charge is 0.481 e. The lowest BCUT2D eigenvalue weighted by Crippen LogP contribution is -2.24. The lowest BCUT2D eigenvalue weighted by atomic mass is 9.94. The highest BCUT2D eigenvalue weighted by atomic mass is 31.2. The third-order valence-corrected chi connectivity index (χ3v) is 7.77. The van der Waals surface area contributed by atoms with E-state index in [1.165, 1.54) is 12.1 Å². The maximum absolute atomic E-state index is 14.1. The van der Waals surface area contributed by atoms with Crippen molar-refractivity contribution in [2.75, 3.05) is 5.32 Å². The van der Waals surface area contributed by atoms with Crippen molar-refractivity contribution in [3.63, 3.8) is 0 Å².